The van der Waals surface area contributed by atoms with Crippen LogP contribution in [0.5, 0.6) is 0 Å². The van der Waals surface area contributed by atoms with Crippen molar-refractivity contribution in [1.82, 2.24) is 20.0 Å². The number of nitrogens with zero attached hydrogens (tertiary/aromatic N) is 3. The lowest BCUT2D eigenvalue weighted by molar-refractivity contribution is 0.110. The van der Waals surface area contributed by atoms with Crippen molar-refractivity contribution in [3.63, 3.8) is 0 Å². The molecule has 0 unspecified atom stereocenters. The second-order valence-corrected chi connectivity index (χ2v) is 7.96. The molecule has 2 amide bonds. The molecule has 5 heteroatoms. The van der Waals surface area contributed by atoms with Crippen molar-refractivity contribution in [2.45, 2.75) is 25.3 Å². The van der Waals surface area contributed by atoms with E-state index in [9.17, 15) is 4.79 Å². The number of piperazine rings is 1. The first-order valence-electron chi connectivity index (χ1n) is 9.71. The summed E-state index contributed by atoms with van der Waals surface area (Å²) in [5.74, 6) is 0.618. The minimum absolute atomic E-state index is 0.129. The summed E-state index contributed by atoms with van der Waals surface area (Å²) in [7, 11) is 2.16. The highest BCUT2D eigenvalue weighted by Gasteiger charge is 2.30. The van der Waals surface area contributed by atoms with E-state index in [0.717, 1.165) is 58.7 Å². The molecule has 2 saturated heterocycles. The lowest BCUT2D eigenvalue weighted by Crippen LogP contribution is -2.54. The lowest BCUT2D eigenvalue weighted by atomic mass is 10.1. The van der Waals surface area contributed by atoms with Crippen LogP contribution >= 0.6 is 0 Å². The molecule has 0 aromatic heterocycles. The number of fused-ring (bicyclic) bond motifs is 1. The smallest absolute Gasteiger partial charge is 0.317 e. The van der Waals surface area contributed by atoms with E-state index in [4.69, 9.17) is 0 Å². The molecule has 0 spiro atoms. The summed E-state index contributed by atoms with van der Waals surface area (Å²) in [6.07, 6.45) is 3.53. The van der Waals surface area contributed by atoms with E-state index in [1.165, 1.54) is 17.5 Å². The van der Waals surface area contributed by atoms with Gasteiger partial charge in [0.05, 0.1) is 0 Å². The van der Waals surface area contributed by atoms with Crippen LogP contribution in [0.4, 0.5) is 4.79 Å². The summed E-state index contributed by atoms with van der Waals surface area (Å²) in [5.41, 5.74) is 3.02. The molecule has 1 aromatic rings. The Bertz CT molecular complexity index is 586. The van der Waals surface area contributed by atoms with Gasteiger partial charge in [-0.15, -0.1) is 0 Å². The molecule has 5 nitrogen and oxygen atoms in total. The Balaban J connectivity index is 1.21. The Morgan fingerprint density at radius 2 is 1.76 bits per heavy atom. The third-order valence-corrected chi connectivity index (χ3v) is 6.18. The normalized spacial score (nSPS) is 25.3. The Hall–Kier alpha value is -1.59. The summed E-state index contributed by atoms with van der Waals surface area (Å²) in [4.78, 5) is 19.3. The number of rotatable bonds is 3. The van der Waals surface area contributed by atoms with E-state index in [1.54, 1.807) is 0 Å². The van der Waals surface area contributed by atoms with Gasteiger partial charge in [0.1, 0.15) is 0 Å². The van der Waals surface area contributed by atoms with Crippen molar-refractivity contribution in [1.29, 1.82) is 0 Å². The SMILES string of the molecule is CN1CC[C@@H](CNC(=O)N2CCN(C3Cc4ccccc4C3)CC2)C1. The van der Waals surface area contributed by atoms with Gasteiger partial charge in [-0.1, -0.05) is 24.3 Å². The number of likely N-dealkylation sites (tertiary alicyclic amines) is 1. The molecule has 1 N–H and O–H groups in total. The van der Waals surface area contributed by atoms with Gasteiger partial charge in [-0.25, -0.2) is 4.79 Å². The van der Waals surface area contributed by atoms with Crippen LogP contribution in [0.3, 0.4) is 0 Å². The van der Waals surface area contributed by atoms with Crippen molar-refractivity contribution >= 4 is 6.03 Å². The molecule has 2 fully saturated rings. The zero-order chi connectivity index (χ0) is 17.2. The minimum Gasteiger partial charge on any atom is -0.338 e. The molecule has 25 heavy (non-hydrogen) atoms. The van der Waals surface area contributed by atoms with E-state index >= 15 is 0 Å². The molecular weight excluding hydrogens is 312 g/mol. The largest absolute Gasteiger partial charge is 0.338 e. The van der Waals surface area contributed by atoms with Gasteiger partial charge in [0.25, 0.3) is 0 Å². The molecule has 0 saturated carbocycles. The fourth-order valence-corrected chi connectivity index (χ4v) is 4.62. The predicted molar refractivity (Wildman–Crippen MR) is 99.8 cm³/mol. The lowest BCUT2D eigenvalue weighted by Gasteiger charge is -2.38. The van der Waals surface area contributed by atoms with E-state index in [0.29, 0.717) is 12.0 Å². The number of benzene rings is 1. The number of amides is 2. The highest BCUT2D eigenvalue weighted by atomic mass is 16.2. The number of carbonyl (C=O) groups excluding carboxylic acids is 1. The number of hydrogen-bond acceptors (Lipinski definition) is 3. The van der Waals surface area contributed by atoms with Gasteiger partial charge in [0.2, 0.25) is 0 Å². The van der Waals surface area contributed by atoms with Crippen molar-refractivity contribution in [3.05, 3.63) is 35.4 Å². The summed E-state index contributed by atoms with van der Waals surface area (Å²) < 4.78 is 0. The Morgan fingerprint density at radius 1 is 1.08 bits per heavy atom. The molecule has 136 valence electrons. The molecule has 4 rings (SSSR count). The van der Waals surface area contributed by atoms with Crippen molar-refractivity contribution in [2.24, 2.45) is 5.92 Å². The van der Waals surface area contributed by atoms with Gasteiger partial charge < -0.3 is 15.1 Å². The molecule has 1 aliphatic carbocycles. The Labute approximate surface area is 151 Å². The summed E-state index contributed by atoms with van der Waals surface area (Å²) >= 11 is 0. The third-order valence-electron chi connectivity index (χ3n) is 6.18. The maximum atomic E-state index is 12.4. The molecule has 1 aromatic carbocycles. The first-order valence-corrected chi connectivity index (χ1v) is 9.71. The van der Waals surface area contributed by atoms with Crippen LogP contribution in [-0.4, -0.2) is 79.6 Å². The van der Waals surface area contributed by atoms with Crippen LogP contribution in [0.1, 0.15) is 17.5 Å². The zero-order valence-corrected chi connectivity index (χ0v) is 15.3. The van der Waals surface area contributed by atoms with Crippen LogP contribution in [0, 0.1) is 5.92 Å². The summed E-state index contributed by atoms with van der Waals surface area (Å²) in [6, 6.07) is 9.57. The highest BCUT2D eigenvalue weighted by Crippen LogP contribution is 2.26. The highest BCUT2D eigenvalue weighted by molar-refractivity contribution is 5.74. The minimum atomic E-state index is 0.129. The Kier molecular flexibility index (Phi) is 4.95. The Morgan fingerprint density at radius 3 is 2.36 bits per heavy atom. The van der Waals surface area contributed by atoms with Crippen LogP contribution in [0.2, 0.25) is 0 Å². The topological polar surface area (TPSA) is 38.8 Å². The fourth-order valence-electron chi connectivity index (χ4n) is 4.62. The second-order valence-electron chi connectivity index (χ2n) is 7.96. The van der Waals surface area contributed by atoms with Gasteiger partial charge in [-0.3, -0.25) is 4.90 Å². The molecule has 2 aliphatic heterocycles. The van der Waals surface area contributed by atoms with E-state index in [-0.39, 0.29) is 6.03 Å². The molecular formula is C20H30N4O. The predicted octanol–water partition coefficient (Wildman–Crippen LogP) is 1.43. The van der Waals surface area contributed by atoms with E-state index in [1.807, 2.05) is 4.90 Å². The average Bonchev–Trinajstić information content (AvgIpc) is 3.25. The fraction of sp³-hybridized carbons (Fsp3) is 0.650. The van der Waals surface area contributed by atoms with Crippen molar-refractivity contribution in [3.8, 4) is 0 Å². The number of nitrogens with one attached hydrogen (secondary N) is 1. The van der Waals surface area contributed by atoms with Crippen LogP contribution in [-0.2, 0) is 12.8 Å². The van der Waals surface area contributed by atoms with Gasteiger partial charge in [-0.2, -0.15) is 0 Å². The van der Waals surface area contributed by atoms with Crippen molar-refractivity contribution < 1.29 is 4.79 Å². The van der Waals surface area contributed by atoms with Gasteiger partial charge in [0.15, 0.2) is 0 Å². The third kappa shape index (κ3) is 3.82. The molecule has 1 atom stereocenters. The standard InChI is InChI=1S/C20H30N4O/c1-22-7-6-16(15-22)14-21-20(25)24-10-8-23(9-11-24)19-12-17-4-2-3-5-18(17)13-19/h2-5,16,19H,6-15H2,1H3,(H,21,25)/t16-/m0/s1. The first-order chi connectivity index (χ1) is 12.2. The monoisotopic (exact) mass is 342 g/mol. The van der Waals surface area contributed by atoms with E-state index < -0.39 is 0 Å². The quantitative estimate of drug-likeness (QED) is 0.903. The van der Waals surface area contributed by atoms with Gasteiger partial charge in [0, 0.05) is 45.3 Å². The number of hydrogen-bond donors (Lipinski definition) is 1. The maximum Gasteiger partial charge on any atom is 0.317 e. The molecule has 2 heterocycles. The van der Waals surface area contributed by atoms with Gasteiger partial charge >= 0.3 is 6.03 Å². The van der Waals surface area contributed by atoms with Crippen molar-refractivity contribution in [2.75, 3.05) is 52.9 Å². The zero-order valence-electron chi connectivity index (χ0n) is 15.3. The molecule has 0 bridgehead atoms. The van der Waals surface area contributed by atoms with Crippen LogP contribution in [0.15, 0.2) is 24.3 Å². The van der Waals surface area contributed by atoms with Crippen LogP contribution < -0.4 is 5.32 Å². The summed E-state index contributed by atoms with van der Waals surface area (Å²) in [5, 5.41) is 3.16. The number of carbonyl (C=O) groups is 1. The van der Waals surface area contributed by atoms with Gasteiger partial charge in [-0.05, 0) is 49.9 Å². The van der Waals surface area contributed by atoms with Crippen LogP contribution in [0.25, 0.3) is 0 Å². The molecule has 0 radical (unpaired) electrons. The van der Waals surface area contributed by atoms with E-state index in [2.05, 4.69) is 46.4 Å². The number of urea groups is 1. The average molecular weight is 342 g/mol. The maximum absolute atomic E-state index is 12.4. The second kappa shape index (κ2) is 7.34. The first kappa shape index (κ1) is 16.9. The summed E-state index contributed by atoms with van der Waals surface area (Å²) in [6.45, 7) is 6.78. The molecule has 3 aliphatic rings.